The van der Waals surface area contributed by atoms with Crippen molar-refractivity contribution in [3.8, 4) is 11.6 Å². The van der Waals surface area contributed by atoms with E-state index in [4.69, 9.17) is 21.1 Å². The molecular weight excluding hydrogens is 493 g/mol. The molecular formula is C24H27ClF5N3O2. The normalized spacial score (nSPS) is 13.1. The van der Waals surface area contributed by atoms with Crippen molar-refractivity contribution in [3.63, 3.8) is 0 Å². The molecule has 0 aliphatic carbocycles. The van der Waals surface area contributed by atoms with Crippen LogP contribution in [0.15, 0.2) is 48.3 Å². The lowest BCUT2D eigenvalue weighted by atomic mass is 10.1. The summed E-state index contributed by atoms with van der Waals surface area (Å²) >= 11 is 5.74. The predicted molar refractivity (Wildman–Crippen MR) is 124 cm³/mol. The van der Waals surface area contributed by atoms with Crippen molar-refractivity contribution in [2.24, 2.45) is 0 Å². The number of aromatic nitrogens is 2. The van der Waals surface area contributed by atoms with Crippen LogP contribution in [0.25, 0.3) is 5.70 Å². The maximum atomic E-state index is 13.6. The van der Waals surface area contributed by atoms with Crippen LogP contribution in [0.5, 0.6) is 11.6 Å². The van der Waals surface area contributed by atoms with Gasteiger partial charge in [0.05, 0.1) is 6.20 Å². The molecule has 192 valence electrons. The van der Waals surface area contributed by atoms with Crippen molar-refractivity contribution >= 4 is 17.3 Å². The summed E-state index contributed by atoms with van der Waals surface area (Å²) in [4.78, 5) is 9.07. The lowest BCUT2D eigenvalue weighted by molar-refractivity contribution is -0.153. The minimum absolute atomic E-state index is 0.0269. The summed E-state index contributed by atoms with van der Waals surface area (Å²) in [6.07, 6.45) is 1.49. The molecule has 11 heteroatoms. The van der Waals surface area contributed by atoms with Gasteiger partial charge >= 0.3 is 6.18 Å². The van der Waals surface area contributed by atoms with Gasteiger partial charge in [0.2, 0.25) is 5.28 Å². The van der Waals surface area contributed by atoms with Crippen molar-refractivity contribution in [3.05, 3.63) is 64.7 Å². The Morgan fingerprint density at radius 3 is 2.34 bits per heavy atom. The minimum atomic E-state index is -4.54. The first-order valence-electron chi connectivity index (χ1n) is 10.7. The molecule has 0 aliphatic heterocycles. The van der Waals surface area contributed by atoms with Crippen LogP contribution in [0.4, 0.5) is 22.0 Å². The van der Waals surface area contributed by atoms with E-state index >= 15 is 0 Å². The maximum absolute atomic E-state index is 13.6. The van der Waals surface area contributed by atoms with Crippen molar-refractivity contribution in [2.45, 2.75) is 52.3 Å². The highest BCUT2D eigenvalue weighted by atomic mass is 35.5. The van der Waals surface area contributed by atoms with Crippen LogP contribution in [0.1, 0.15) is 44.7 Å². The summed E-state index contributed by atoms with van der Waals surface area (Å²) in [5.41, 5.74) is 2.18. The highest BCUT2D eigenvalue weighted by molar-refractivity contribution is 6.28. The number of allylic oxidation sites excluding steroid dienone is 2. The zero-order valence-electron chi connectivity index (χ0n) is 19.8. The molecule has 0 fully saturated rings. The molecule has 2 aromatic rings. The summed E-state index contributed by atoms with van der Waals surface area (Å²) in [5, 5.41) is -0.204. The smallest absolute Gasteiger partial charge is 0.422 e. The molecule has 2 rings (SSSR count). The zero-order valence-corrected chi connectivity index (χ0v) is 20.6. The van der Waals surface area contributed by atoms with E-state index in [1.54, 1.807) is 36.2 Å². The van der Waals surface area contributed by atoms with Gasteiger partial charge in [-0.1, -0.05) is 43.7 Å². The SMILES string of the molecule is CCCC=C(c1ccc(COc2nc(Cl)ncc2OCC(F)(F)F)cc1)N(C)/C=C(\C)C(C)(F)F. The second-order valence-electron chi connectivity index (χ2n) is 7.89. The van der Waals surface area contributed by atoms with Crippen LogP contribution in [0.3, 0.4) is 0 Å². The molecule has 5 nitrogen and oxygen atoms in total. The molecule has 1 heterocycles. The van der Waals surface area contributed by atoms with Gasteiger partial charge in [0.1, 0.15) is 6.61 Å². The Morgan fingerprint density at radius 2 is 1.77 bits per heavy atom. The van der Waals surface area contributed by atoms with E-state index in [2.05, 4.69) is 9.97 Å². The zero-order chi connectivity index (χ0) is 26.2. The van der Waals surface area contributed by atoms with E-state index in [9.17, 15) is 22.0 Å². The molecule has 0 unspecified atom stereocenters. The molecule has 0 radical (unpaired) electrons. The molecule has 0 saturated carbocycles. The number of nitrogens with zero attached hydrogens (tertiary/aromatic N) is 3. The molecule has 0 bridgehead atoms. The molecule has 0 saturated heterocycles. The first-order valence-corrected chi connectivity index (χ1v) is 11.1. The Labute approximate surface area is 206 Å². The molecule has 0 amide bonds. The average molecular weight is 520 g/mol. The summed E-state index contributed by atoms with van der Waals surface area (Å²) < 4.78 is 74.9. The van der Waals surface area contributed by atoms with Crippen LogP contribution in [-0.2, 0) is 6.61 Å². The number of hydrogen-bond acceptors (Lipinski definition) is 5. The number of ether oxygens (including phenoxy) is 2. The second kappa shape index (κ2) is 12.2. The second-order valence-corrected chi connectivity index (χ2v) is 8.23. The van der Waals surface area contributed by atoms with Gasteiger partial charge in [0, 0.05) is 31.4 Å². The van der Waals surface area contributed by atoms with E-state index in [0.29, 0.717) is 5.56 Å². The van der Waals surface area contributed by atoms with Gasteiger partial charge in [-0.25, -0.2) is 13.8 Å². The van der Waals surface area contributed by atoms with E-state index in [1.807, 2.05) is 13.0 Å². The third kappa shape index (κ3) is 9.35. The van der Waals surface area contributed by atoms with Crippen LogP contribution in [-0.4, -0.2) is 40.6 Å². The highest BCUT2D eigenvalue weighted by Gasteiger charge is 2.29. The monoisotopic (exact) mass is 519 g/mol. The Kier molecular flexibility index (Phi) is 9.88. The van der Waals surface area contributed by atoms with Crippen LogP contribution >= 0.6 is 11.6 Å². The first-order chi connectivity index (χ1) is 16.3. The quantitative estimate of drug-likeness (QED) is 0.230. The van der Waals surface area contributed by atoms with Crippen LogP contribution in [0.2, 0.25) is 5.28 Å². The lowest BCUT2D eigenvalue weighted by Gasteiger charge is -2.22. The Balaban J connectivity index is 2.18. The van der Waals surface area contributed by atoms with Gasteiger partial charge in [-0.2, -0.15) is 18.2 Å². The maximum Gasteiger partial charge on any atom is 0.422 e. The van der Waals surface area contributed by atoms with Crippen LogP contribution < -0.4 is 9.47 Å². The van der Waals surface area contributed by atoms with Gasteiger partial charge in [-0.15, -0.1) is 0 Å². The fraction of sp³-hybridized carbons (Fsp3) is 0.417. The standard InChI is InChI=1S/C24H27ClF5N3O2/c1-5-6-7-19(33(4)13-16(2)23(3,26)27)18-10-8-17(9-11-18)14-34-21-20(12-31-22(25)32-21)35-15-24(28,29)30/h7-13H,5-6,14-15H2,1-4H3/b16-13+,19-7?. The minimum Gasteiger partial charge on any atom is -0.477 e. The number of unbranched alkanes of at least 4 members (excludes halogenated alkanes) is 1. The van der Waals surface area contributed by atoms with Crippen molar-refractivity contribution < 1.29 is 31.4 Å². The third-order valence-corrected chi connectivity index (χ3v) is 4.98. The number of halogens is 6. The topological polar surface area (TPSA) is 47.5 Å². The van der Waals surface area contributed by atoms with Crippen molar-refractivity contribution in [2.75, 3.05) is 13.7 Å². The molecule has 35 heavy (non-hydrogen) atoms. The lowest BCUT2D eigenvalue weighted by Crippen LogP contribution is -2.19. The molecule has 0 atom stereocenters. The Hall–Kier alpha value is -2.88. The Morgan fingerprint density at radius 1 is 1.11 bits per heavy atom. The van der Waals surface area contributed by atoms with Crippen LogP contribution in [0, 0.1) is 0 Å². The number of hydrogen-bond donors (Lipinski definition) is 0. The summed E-state index contributed by atoms with van der Waals surface area (Å²) in [6, 6.07) is 7.12. The van der Waals surface area contributed by atoms with E-state index in [-0.39, 0.29) is 29.1 Å². The predicted octanol–water partition coefficient (Wildman–Crippen LogP) is 7.28. The van der Waals surface area contributed by atoms with Gasteiger partial charge in [-0.05, 0) is 36.1 Å². The van der Waals surface area contributed by atoms with Crippen molar-refractivity contribution in [1.82, 2.24) is 14.9 Å². The number of benzene rings is 1. The molecule has 1 aromatic heterocycles. The number of alkyl halides is 5. The van der Waals surface area contributed by atoms with E-state index in [0.717, 1.165) is 37.2 Å². The average Bonchev–Trinajstić information content (AvgIpc) is 2.76. The largest absolute Gasteiger partial charge is 0.477 e. The fourth-order valence-electron chi connectivity index (χ4n) is 2.84. The molecule has 0 N–H and O–H groups in total. The van der Waals surface area contributed by atoms with Gasteiger partial charge in [-0.3, -0.25) is 0 Å². The highest BCUT2D eigenvalue weighted by Crippen LogP contribution is 2.29. The summed E-state index contributed by atoms with van der Waals surface area (Å²) in [6.45, 7) is 2.69. The molecule has 0 aliphatic rings. The fourth-order valence-corrected chi connectivity index (χ4v) is 2.97. The number of rotatable bonds is 11. The third-order valence-electron chi connectivity index (χ3n) is 4.80. The molecule has 1 aromatic carbocycles. The first kappa shape index (κ1) is 28.4. The van der Waals surface area contributed by atoms with Gasteiger partial charge in [0.15, 0.2) is 12.4 Å². The summed E-state index contributed by atoms with van der Waals surface area (Å²) in [7, 11) is 1.70. The summed E-state index contributed by atoms with van der Waals surface area (Å²) in [5.74, 6) is -3.44. The van der Waals surface area contributed by atoms with Crippen molar-refractivity contribution in [1.29, 1.82) is 0 Å². The van der Waals surface area contributed by atoms with E-state index < -0.39 is 18.7 Å². The van der Waals surface area contributed by atoms with E-state index in [1.165, 1.54) is 13.1 Å². The van der Waals surface area contributed by atoms with Gasteiger partial charge in [0.25, 0.3) is 11.8 Å². The Bertz CT molecular complexity index is 1030. The molecule has 0 spiro atoms. The van der Waals surface area contributed by atoms with Gasteiger partial charge < -0.3 is 14.4 Å².